The summed E-state index contributed by atoms with van der Waals surface area (Å²) in [6.45, 7) is 3.39. The number of sulfonamides is 1. The molecule has 14 heteroatoms. The van der Waals surface area contributed by atoms with E-state index in [9.17, 15) is 18.3 Å². The van der Waals surface area contributed by atoms with E-state index in [-0.39, 0.29) is 33.3 Å². The number of thiazole rings is 1. The number of carboxylic acid groups (broad SMARTS) is 1. The second kappa shape index (κ2) is 10.8. The number of carboxylic acids is 1. The van der Waals surface area contributed by atoms with Crippen LogP contribution in [0.3, 0.4) is 0 Å². The van der Waals surface area contributed by atoms with Crippen molar-refractivity contribution >= 4 is 27.3 Å². The molecule has 2 aromatic carbocycles. The zero-order valence-corrected chi connectivity index (χ0v) is 24.6. The number of carbonyl (C=O) groups is 1. The summed E-state index contributed by atoms with van der Waals surface area (Å²) in [5.41, 5.74) is 3.55. The molecular formula is C29H25F2N5O5S2. The first-order chi connectivity index (χ1) is 20.4. The summed E-state index contributed by atoms with van der Waals surface area (Å²) >= 11 is 1.08. The first-order valence-corrected chi connectivity index (χ1v) is 15.7. The minimum Gasteiger partial charge on any atom is -0.476 e. The fourth-order valence-corrected chi connectivity index (χ4v) is 6.39. The monoisotopic (exact) mass is 625 g/mol. The Hall–Kier alpha value is -4.27. The molecule has 222 valence electrons. The van der Waals surface area contributed by atoms with Crippen LogP contribution in [0.2, 0.25) is 0 Å². The van der Waals surface area contributed by atoms with Crippen LogP contribution in [0.15, 0.2) is 51.2 Å². The number of primary sulfonamides is 1. The number of hydrogen-bond acceptors (Lipinski definition) is 8. The molecule has 0 bridgehead atoms. The third kappa shape index (κ3) is 5.60. The van der Waals surface area contributed by atoms with E-state index in [1.807, 2.05) is 0 Å². The van der Waals surface area contributed by atoms with Gasteiger partial charge in [0.15, 0.2) is 5.69 Å². The predicted octanol–water partition coefficient (Wildman–Crippen LogP) is 5.43. The van der Waals surface area contributed by atoms with E-state index in [1.165, 1.54) is 28.3 Å². The molecule has 0 aliphatic heterocycles. The minimum atomic E-state index is -4.12. The average Bonchev–Trinajstić information content (AvgIpc) is 3.33. The van der Waals surface area contributed by atoms with Gasteiger partial charge in [0.1, 0.15) is 17.4 Å². The van der Waals surface area contributed by atoms with Crippen molar-refractivity contribution in [1.29, 1.82) is 0 Å². The highest BCUT2D eigenvalue weighted by Crippen LogP contribution is 2.40. The smallest absolute Gasteiger partial charge is 0.355 e. The Labute approximate surface area is 248 Å². The van der Waals surface area contributed by atoms with Crippen molar-refractivity contribution in [3.05, 3.63) is 87.4 Å². The summed E-state index contributed by atoms with van der Waals surface area (Å²) in [5.74, 6) is -1.66. The van der Waals surface area contributed by atoms with Gasteiger partial charge >= 0.3 is 5.97 Å². The zero-order chi connectivity index (χ0) is 30.6. The van der Waals surface area contributed by atoms with Gasteiger partial charge in [-0.05, 0) is 74.9 Å². The maximum atomic E-state index is 15.3. The summed E-state index contributed by atoms with van der Waals surface area (Å²) in [4.78, 5) is 15.6. The highest BCUT2D eigenvalue weighted by atomic mass is 32.2. The molecule has 3 heterocycles. The third-order valence-electron chi connectivity index (χ3n) is 7.40. The first-order valence-electron chi connectivity index (χ1n) is 13.2. The number of benzene rings is 2. The van der Waals surface area contributed by atoms with Crippen LogP contribution in [0.5, 0.6) is 0 Å². The lowest BCUT2D eigenvalue weighted by Gasteiger charge is -2.12. The molecule has 5 aromatic rings. The van der Waals surface area contributed by atoms with Crippen molar-refractivity contribution < 1.29 is 31.6 Å². The van der Waals surface area contributed by atoms with Crippen LogP contribution >= 0.6 is 11.3 Å². The van der Waals surface area contributed by atoms with Gasteiger partial charge in [-0.25, -0.2) is 36.8 Å². The van der Waals surface area contributed by atoms with Crippen molar-refractivity contribution in [2.45, 2.75) is 44.4 Å². The Bertz CT molecular complexity index is 1990. The zero-order valence-electron chi connectivity index (χ0n) is 23.0. The van der Waals surface area contributed by atoms with Gasteiger partial charge in [-0.2, -0.15) is 5.10 Å². The Morgan fingerprint density at radius 3 is 2.53 bits per heavy atom. The molecular weight excluding hydrogens is 600 g/mol. The average molecular weight is 626 g/mol. The molecule has 1 saturated carbocycles. The molecule has 10 nitrogen and oxygen atoms in total. The first kappa shape index (κ1) is 28.8. The molecule has 0 amide bonds. The Morgan fingerprint density at radius 1 is 1.16 bits per heavy atom. The van der Waals surface area contributed by atoms with Gasteiger partial charge in [0.25, 0.3) is 0 Å². The quantitative estimate of drug-likeness (QED) is 0.220. The van der Waals surface area contributed by atoms with E-state index in [0.29, 0.717) is 51.9 Å². The van der Waals surface area contributed by atoms with E-state index in [2.05, 4.69) is 10.1 Å². The fourth-order valence-electron chi connectivity index (χ4n) is 5.11. The van der Waals surface area contributed by atoms with E-state index in [0.717, 1.165) is 30.2 Å². The molecule has 3 N–H and O–H groups in total. The van der Waals surface area contributed by atoms with Crippen molar-refractivity contribution in [2.75, 3.05) is 0 Å². The molecule has 6 rings (SSSR count). The van der Waals surface area contributed by atoms with Crippen LogP contribution in [0.25, 0.3) is 27.5 Å². The molecule has 0 spiro atoms. The maximum Gasteiger partial charge on any atom is 0.355 e. The molecule has 1 fully saturated rings. The largest absolute Gasteiger partial charge is 0.476 e. The normalized spacial score (nSPS) is 13.5. The molecule has 0 radical (unpaired) electrons. The lowest BCUT2D eigenvalue weighted by molar-refractivity contribution is 0.0691. The van der Waals surface area contributed by atoms with Crippen LogP contribution in [0.4, 0.5) is 8.78 Å². The fraction of sp³-hybridized carbons (Fsp3) is 0.241. The van der Waals surface area contributed by atoms with Crippen molar-refractivity contribution in [3.8, 4) is 27.5 Å². The van der Waals surface area contributed by atoms with Gasteiger partial charge in [0.05, 0.1) is 27.5 Å². The molecule has 43 heavy (non-hydrogen) atoms. The number of halogens is 2. The number of nitrogens with zero attached hydrogens (tertiary/aromatic N) is 4. The van der Waals surface area contributed by atoms with E-state index >= 15 is 8.78 Å². The van der Waals surface area contributed by atoms with Gasteiger partial charge in [-0.15, -0.1) is 11.3 Å². The van der Waals surface area contributed by atoms with Gasteiger partial charge < -0.3 is 9.63 Å². The number of aromatic carboxylic acids is 1. The summed E-state index contributed by atoms with van der Waals surface area (Å²) in [6, 6.07) is 7.99. The van der Waals surface area contributed by atoms with Crippen LogP contribution in [-0.2, 0) is 22.9 Å². The van der Waals surface area contributed by atoms with E-state index < -0.39 is 27.6 Å². The third-order valence-corrected chi connectivity index (χ3v) is 9.13. The van der Waals surface area contributed by atoms with Crippen LogP contribution in [-0.4, -0.2) is 39.4 Å². The standard InChI is InChI=1S/C29H25F2N5O5S2/c1-14-26(15(2)41-35-14)20-11-18(6-8-22(20)30)27-21(10-17-5-7-19(12-23(17)31)43(32,39)40)24(9-16-3-4-16)34-36(27)29-33-25(13-42-29)28(37)38/h5-8,11-13,16H,3-4,9-10H2,1-2H3,(H,37,38)(H2,32,39,40). The number of aryl methyl sites for hydroxylation is 2. The Morgan fingerprint density at radius 2 is 1.93 bits per heavy atom. The van der Waals surface area contributed by atoms with Gasteiger partial charge in [-0.3, -0.25) is 0 Å². The van der Waals surface area contributed by atoms with Gasteiger partial charge in [0, 0.05) is 28.5 Å². The van der Waals surface area contributed by atoms with Crippen molar-refractivity contribution in [2.24, 2.45) is 11.1 Å². The maximum absolute atomic E-state index is 15.3. The van der Waals surface area contributed by atoms with Crippen molar-refractivity contribution in [3.63, 3.8) is 0 Å². The predicted molar refractivity (Wildman–Crippen MR) is 154 cm³/mol. The lowest BCUT2D eigenvalue weighted by atomic mass is 9.94. The van der Waals surface area contributed by atoms with Gasteiger partial charge in [-0.1, -0.05) is 11.2 Å². The van der Waals surface area contributed by atoms with Crippen molar-refractivity contribution in [1.82, 2.24) is 19.9 Å². The highest BCUT2D eigenvalue weighted by molar-refractivity contribution is 7.89. The number of nitrogens with two attached hydrogens (primary N) is 1. The summed E-state index contributed by atoms with van der Waals surface area (Å²) in [7, 11) is -4.12. The van der Waals surface area contributed by atoms with Crippen LogP contribution in [0, 0.1) is 31.4 Å². The summed E-state index contributed by atoms with van der Waals surface area (Å²) in [5, 5.41) is 25.2. The van der Waals surface area contributed by atoms with Gasteiger partial charge in [0.2, 0.25) is 15.2 Å². The summed E-state index contributed by atoms with van der Waals surface area (Å²) in [6.07, 6.45) is 2.61. The second-order valence-corrected chi connectivity index (χ2v) is 12.9. The molecule has 0 unspecified atom stereocenters. The second-order valence-electron chi connectivity index (χ2n) is 10.5. The Balaban J connectivity index is 1.58. The minimum absolute atomic E-state index is 0.0172. The highest BCUT2D eigenvalue weighted by Gasteiger charge is 2.30. The number of hydrogen-bond donors (Lipinski definition) is 2. The molecule has 1 aliphatic rings. The van der Waals surface area contributed by atoms with Crippen LogP contribution < -0.4 is 5.14 Å². The van der Waals surface area contributed by atoms with E-state index in [4.69, 9.17) is 14.8 Å². The number of aromatic nitrogens is 4. The molecule has 3 aromatic heterocycles. The Kier molecular flexibility index (Phi) is 7.22. The molecule has 0 atom stereocenters. The SMILES string of the molecule is Cc1noc(C)c1-c1cc(-c2c(Cc3ccc(S(N)(=O)=O)cc3F)c(CC3CC3)nn2-c2nc(C(=O)O)cs2)ccc1F. The molecule has 1 aliphatic carbocycles. The van der Waals surface area contributed by atoms with E-state index in [1.54, 1.807) is 26.0 Å². The topological polar surface area (TPSA) is 154 Å². The number of rotatable bonds is 9. The summed E-state index contributed by atoms with van der Waals surface area (Å²) < 4.78 is 61.0. The van der Waals surface area contributed by atoms with Crippen LogP contribution in [0.1, 0.15) is 51.6 Å². The molecule has 0 saturated heterocycles. The lowest BCUT2D eigenvalue weighted by Crippen LogP contribution is -2.12.